The third-order valence-electron chi connectivity index (χ3n) is 7.20. The molecule has 0 atom stereocenters. The molecule has 2 aliphatic rings. The Bertz CT molecular complexity index is 1780. The first kappa shape index (κ1) is 24.1. The molecule has 1 aliphatic heterocycles. The van der Waals surface area contributed by atoms with Crippen molar-refractivity contribution < 1.29 is 30.0 Å². The summed E-state index contributed by atoms with van der Waals surface area (Å²) in [7, 11) is 0. The number of benzene rings is 4. The predicted molar refractivity (Wildman–Crippen MR) is 150 cm³/mol. The number of carbonyl (C=O) groups excluding carboxylic acids is 1. The third kappa shape index (κ3) is 3.94. The lowest BCUT2D eigenvalue weighted by Crippen LogP contribution is -2.11. The minimum absolute atomic E-state index is 0.00778. The topological polar surface area (TPSA) is 107 Å². The summed E-state index contributed by atoms with van der Waals surface area (Å²) in [5, 5.41) is 41.8. The SMILES string of the molecule is C=C1C=C(c2ccccc2)Oc2c(-c3c(C4=CC(=O)c5c(O)cc(O)cc5C4)ccc(O)c3C)ccc(O)c21. The van der Waals surface area contributed by atoms with Gasteiger partial charge in [-0.15, -0.1) is 0 Å². The molecule has 0 saturated carbocycles. The minimum Gasteiger partial charge on any atom is -0.508 e. The van der Waals surface area contributed by atoms with E-state index in [1.54, 1.807) is 37.3 Å². The highest BCUT2D eigenvalue weighted by molar-refractivity contribution is 6.14. The van der Waals surface area contributed by atoms with Gasteiger partial charge < -0.3 is 25.2 Å². The lowest BCUT2D eigenvalue weighted by molar-refractivity contribution is 0.104. The highest BCUT2D eigenvalue weighted by Gasteiger charge is 2.29. The van der Waals surface area contributed by atoms with Crippen molar-refractivity contribution in [3.8, 4) is 39.9 Å². The molecule has 4 aromatic carbocycles. The molecule has 6 rings (SSSR count). The van der Waals surface area contributed by atoms with Gasteiger partial charge in [0.15, 0.2) is 5.78 Å². The van der Waals surface area contributed by atoms with E-state index < -0.39 is 0 Å². The Balaban J connectivity index is 1.55. The van der Waals surface area contributed by atoms with Crippen LogP contribution in [0.25, 0.3) is 28.0 Å². The number of fused-ring (bicyclic) bond motifs is 2. The molecule has 6 nitrogen and oxygen atoms in total. The number of ether oxygens (including phenoxy) is 1. The number of carbonyl (C=O) groups is 1. The predicted octanol–water partition coefficient (Wildman–Crippen LogP) is 6.75. The summed E-state index contributed by atoms with van der Waals surface area (Å²) in [5.74, 6) is 0.221. The fourth-order valence-corrected chi connectivity index (χ4v) is 5.37. The van der Waals surface area contributed by atoms with E-state index in [-0.39, 0.29) is 40.8 Å². The van der Waals surface area contributed by atoms with Gasteiger partial charge >= 0.3 is 0 Å². The van der Waals surface area contributed by atoms with E-state index in [4.69, 9.17) is 4.74 Å². The zero-order valence-electron chi connectivity index (χ0n) is 21.0. The summed E-state index contributed by atoms with van der Waals surface area (Å²) in [5.41, 5.74) is 5.61. The number of allylic oxidation sites excluding steroid dienone is 4. The number of aromatic hydroxyl groups is 4. The summed E-state index contributed by atoms with van der Waals surface area (Å²) < 4.78 is 6.41. The van der Waals surface area contributed by atoms with E-state index in [2.05, 4.69) is 6.58 Å². The van der Waals surface area contributed by atoms with Crippen LogP contribution in [0.5, 0.6) is 28.7 Å². The molecular formula is C33H24O6. The zero-order valence-corrected chi connectivity index (χ0v) is 21.0. The van der Waals surface area contributed by atoms with Gasteiger partial charge in [0.1, 0.15) is 34.5 Å². The Hall–Kier alpha value is -5.23. The molecule has 192 valence electrons. The largest absolute Gasteiger partial charge is 0.508 e. The molecular weight excluding hydrogens is 492 g/mol. The number of phenolic OH excluding ortho intramolecular Hbond substituents is 4. The van der Waals surface area contributed by atoms with E-state index in [9.17, 15) is 25.2 Å². The van der Waals surface area contributed by atoms with Gasteiger partial charge in [0, 0.05) is 17.2 Å². The number of ketones is 1. The lowest BCUT2D eigenvalue weighted by Gasteiger charge is -2.26. The number of phenols is 4. The third-order valence-corrected chi connectivity index (χ3v) is 7.20. The Morgan fingerprint density at radius 3 is 2.26 bits per heavy atom. The van der Waals surface area contributed by atoms with Crippen molar-refractivity contribution in [2.45, 2.75) is 13.3 Å². The van der Waals surface area contributed by atoms with Gasteiger partial charge in [-0.25, -0.2) is 0 Å². The number of hydrogen-bond acceptors (Lipinski definition) is 6. The van der Waals surface area contributed by atoms with Crippen molar-refractivity contribution >= 4 is 22.7 Å². The minimum atomic E-state index is -0.382. The average Bonchev–Trinajstić information content (AvgIpc) is 2.90. The van der Waals surface area contributed by atoms with Gasteiger partial charge in [0.05, 0.1) is 11.1 Å². The molecule has 1 aliphatic carbocycles. The van der Waals surface area contributed by atoms with Crippen molar-refractivity contribution in [2.24, 2.45) is 0 Å². The van der Waals surface area contributed by atoms with Crippen LogP contribution < -0.4 is 4.74 Å². The molecule has 39 heavy (non-hydrogen) atoms. The maximum absolute atomic E-state index is 13.1. The monoisotopic (exact) mass is 516 g/mol. The van der Waals surface area contributed by atoms with Crippen LogP contribution in [-0.2, 0) is 6.42 Å². The van der Waals surface area contributed by atoms with E-state index in [1.807, 2.05) is 30.3 Å². The van der Waals surface area contributed by atoms with Crippen molar-refractivity contribution in [3.63, 3.8) is 0 Å². The number of hydrogen-bond donors (Lipinski definition) is 4. The Labute approximate surface area is 224 Å². The van der Waals surface area contributed by atoms with Crippen LogP contribution in [0.15, 0.2) is 85.5 Å². The Morgan fingerprint density at radius 1 is 0.769 bits per heavy atom. The second-order valence-corrected chi connectivity index (χ2v) is 9.68. The zero-order chi connectivity index (χ0) is 27.4. The fraction of sp³-hybridized carbons (Fsp3) is 0.0606. The second kappa shape index (κ2) is 8.96. The molecule has 0 bridgehead atoms. The van der Waals surface area contributed by atoms with Crippen molar-refractivity contribution in [2.75, 3.05) is 0 Å². The maximum atomic E-state index is 13.1. The highest BCUT2D eigenvalue weighted by atomic mass is 16.5. The van der Waals surface area contributed by atoms with Crippen LogP contribution >= 0.6 is 0 Å². The van der Waals surface area contributed by atoms with Gasteiger partial charge in [-0.2, -0.15) is 0 Å². The van der Waals surface area contributed by atoms with Crippen molar-refractivity contribution in [1.82, 2.24) is 0 Å². The quantitative estimate of drug-likeness (QED) is 0.240. The van der Waals surface area contributed by atoms with Crippen molar-refractivity contribution in [1.29, 1.82) is 0 Å². The second-order valence-electron chi connectivity index (χ2n) is 9.68. The van der Waals surface area contributed by atoms with Crippen LogP contribution in [-0.4, -0.2) is 26.2 Å². The van der Waals surface area contributed by atoms with E-state index >= 15 is 0 Å². The summed E-state index contributed by atoms with van der Waals surface area (Å²) in [6.07, 6.45) is 3.51. The molecule has 0 amide bonds. The normalized spacial score (nSPS) is 14.2. The molecule has 0 unspecified atom stereocenters. The summed E-state index contributed by atoms with van der Waals surface area (Å²) >= 11 is 0. The molecule has 0 saturated heterocycles. The van der Waals surface area contributed by atoms with Crippen molar-refractivity contribution in [3.05, 3.63) is 119 Å². The highest BCUT2D eigenvalue weighted by Crippen LogP contribution is 2.50. The molecule has 0 aromatic heterocycles. The number of rotatable bonds is 3. The summed E-state index contributed by atoms with van der Waals surface area (Å²) in [6.45, 7) is 5.94. The fourth-order valence-electron chi connectivity index (χ4n) is 5.37. The van der Waals surface area contributed by atoms with Gasteiger partial charge in [-0.1, -0.05) is 43.0 Å². The first-order valence-corrected chi connectivity index (χ1v) is 12.4. The van der Waals surface area contributed by atoms with Crippen LogP contribution in [0.1, 0.15) is 38.2 Å². The van der Waals surface area contributed by atoms with E-state index in [0.29, 0.717) is 56.0 Å². The molecule has 1 heterocycles. The summed E-state index contributed by atoms with van der Waals surface area (Å²) in [6, 6.07) is 18.7. The first-order valence-electron chi connectivity index (χ1n) is 12.4. The maximum Gasteiger partial charge on any atom is 0.190 e. The van der Waals surface area contributed by atoms with Crippen LogP contribution in [0.2, 0.25) is 0 Å². The van der Waals surface area contributed by atoms with Gasteiger partial charge in [0.25, 0.3) is 0 Å². The molecule has 6 heteroatoms. The standard InChI is InChI=1S/C33H24O6/c1-17-12-29(19-6-4-3-5-7-19)39-33-24(9-11-26(36)30(17)33)31-18(2)25(35)10-8-23(31)20-13-21-14-22(34)16-28(38)32(21)27(37)15-20/h3-12,14-16,34-36,38H,1,13H2,2H3. The van der Waals surface area contributed by atoms with Gasteiger partial charge in [-0.3, -0.25) is 4.79 Å². The van der Waals surface area contributed by atoms with Crippen LogP contribution in [0.4, 0.5) is 0 Å². The molecule has 0 spiro atoms. The molecule has 0 radical (unpaired) electrons. The van der Waals surface area contributed by atoms with E-state index in [1.165, 1.54) is 12.1 Å². The molecule has 4 N–H and O–H groups in total. The molecule has 4 aromatic rings. The lowest BCUT2D eigenvalue weighted by atomic mass is 9.82. The van der Waals surface area contributed by atoms with Crippen LogP contribution in [0.3, 0.4) is 0 Å². The van der Waals surface area contributed by atoms with Crippen LogP contribution in [0, 0.1) is 6.92 Å². The van der Waals surface area contributed by atoms with Gasteiger partial charge in [-0.05, 0) is 83.2 Å². The van der Waals surface area contributed by atoms with Gasteiger partial charge in [0.2, 0.25) is 0 Å². The summed E-state index contributed by atoms with van der Waals surface area (Å²) in [4.78, 5) is 13.1. The molecule has 0 fully saturated rings. The first-order chi connectivity index (χ1) is 18.7. The Morgan fingerprint density at radius 2 is 1.49 bits per heavy atom. The Kier molecular flexibility index (Phi) is 5.54. The van der Waals surface area contributed by atoms with E-state index in [0.717, 1.165) is 11.6 Å². The smallest absolute Gasteiger partial charge is 0.190 e. The average molecular weight is 517 g/mol.